The molecular formula is C21H19F3N6O3S2. The van der Waals surface area contributed by atoms with Gasteiger partial charge in [-0.25, -0.2) is 22.9 Å². The Bertz CT molecular complexity index is 1490. The molecule has 0 saturated carbocycles. The van der Waals surface area contributed by atoms with Gasteiger partial charge in [-0.2, -0.15) is 18.3 Å². The van der Waals surface area contributed by atoms with Crippen LogP contribution in [-0.2, 0) is 21.6 Å². The first-order valence-corrected chi connectivity index (χ1v) is 12.4. The van der Waals surface area contributed by atoms with Crippen molar-refractivity contribution in [3.05, 3.63) is 65.1 Å². The van der Waals surface area contributed by atoms with Gasteiger partial charge >= 0.3 is 6.18 Å². The summed E-state index contributed by atoms with van der Waals surface area (Å²) in [6.45, 7) is 5.19. The number of amides is 1. The molecule has 14 heteroatoms. The second kappa shape index (κ2) is 8.61. The summed E-state index contributed by atoms with van der Waals surface area (Å²) in [4.78, 5) is 20.7. The molecule has 3 aromatic heterocycles. The molecule has 0 bridgehead atoms. The Balaban J connectivity index is 1.59. The monoisotopic (exact) mass is 524 g/mol. The number of carbonyl (C=O) groups excluding carboxylic acids is 1. The van der Waals surface area contributed by atoms with Crippen molar-refractivity contribution in [1.82, 2.24) is 19.6 Å². The second-order valence-electron chi connectivity index (χ2n) is 8.50. The fraction of sp³-hybridized carbons (Fsp3) is 0.238. The highest BCUT2D eigenvalue weighted by Crippen LogP contribution is 2.32. The largest absolute Gasteiger partial charge is 0.433 e. The van der Waals surface area contributed by atoms with Crippen LogP contribution in [0.4, 0.5) is 24.0 Å². The maximum atomic E-state index is 13.6. The van der Waals surface area contributed by atoms with E-state index in [0.717, 1.165) is 23.5 Å². The summed E-state index contributed by atoms with van der Waals surface area (Å²) < 4.78 is 68.7. The van der Waals surface area contributed by atoms with Gasteiger partial charge in [-0.15, -0.1) is 11.3 Å². The molecule has 184 valence electrons. The third-order valence-corrected chi connectivity index (χ3v) is 6.97. The lowest BCUT2D eigenvalue weighted by atomic mass is 9.91. The minimum atomic E-state index is -4.71. The maximum Gasteiger partial charge on any atom is 0.433 e. The van der Waals surface area contributed by atoms with Crippen LogP contribution in [0.1, 0.15) is 42.6 Å². The molecule has 3 heterocycles. The van der Waals surface area contributed by atoms with Gasteiger partial charge in [-0.3, -0.25) is 9.52 Å². The number of hydrogen-bond acceptors (Lipinski definition) is 7. The summed E-state index contributed by atoms with van der Waals surface area (Å²) >= 11 is 1.12. The van der Waals surface area contributed by atoms with Crippen molar-refractivity contribution < 1.29 is 26.4 Å². The van der Waals surface area contributed by atoms with Crippen LogP contribution >= 0.6 is 11.3 Å². The van der Waals surface area contributed by atoms with Gasteiger partial charge in [0.25, 0.3) is 15.9 Å². The molecule has 4 rings (SSSR count). The van der Waals surface area contributed by atoms with E-state index in [2.05, 4.69) is 25.1 Å². The van der Waals surface area contributed by atoms with E-state index in [1.807, 2.05) is 0 Å². The van der Waals surface area contributed by atoms with Gasteiger partial charge in [0.1, 0.15) is 5.69 Å². The van der Waals surface area contributed by atoms with Crippen LogP contribution in [0.25, 0.3) is 5.65 Å². The predicted octanol–water partition coefficient (Wildman–Crippen LogP) is 4.56. The minimum Gasteiger partial charge on any atom is -0.321 e. The number of nitrogens with zero attached hydrogens (tertiary/aromatic N) is 4. The number of rotatable bonds is 5. The van der Waals surface area contributed by atoms with Crippen LogP contribution in [-0.4, -0.2) is 33.9 Å². The molecule has 0 spiro atoms. The molecule has 0 unspecified atom stereocenters. The molecule has 0 aliphatic carbocycles. The van der Waals surface area contributed by atoms with E-state index in [-0.39, 0.29) is 32.7 Å². The lowest BCUT2D eigenvalue weighted by Crippen LogP contribution is -2.20. The van der Waals surface area contributed by atoms with Gasteiger partial charge in [-0.05, 0) is 30.3 Å². The summed E-state index contributed by atoms with van der Waals surface area (Å²) in [5.41, 5.74) is -1.69. The van der Waals surface area contributed by atoms with Crippen molar-refractivity contribution in [1.29, 1.82) is 0 Å². The number of aromatic nitrogens is 4. The fourth-order valence-electron chi connectivity index (χ4n) is 3.03. The Hall–Kier alpha value is -3.52. The van der Waals surface area contributed by atoms with Crippen molar-refractivity contribution in [3.8, 4) is 0 Å². The van der Waals surface area contributed by atoms with E-state index >= 15 is 0 Å². The third kappa shape index (κ3) is 5.27. The average molecular weight is 525 g/mol. The number of hydrogen-bond donors (Lipinski definition) is 2. The highest BCUT2D eigenvalue weighted by molar-refractivity contribution is 7.93. The van der Waals surface area contributed by atoms with Crippen molar-refractivity contribution in [3.63, 3.8) is 0 Å². The molecule has 0 aliphatic rings. The molecule has 9 nitrogen and oxygen atoms in total. The summed E-state index contributed by atoms with van der Waals surface area (Å²) in [6, 6.07) is 7.32. The normalized spacial score (nSPS) is 12.6. The molecule has 1 amide bonds. The van der Waals surface area contributed by atoms with Crippen LogP contribution in [0, 0.1) is 0 Å². The zero-order valence-electron chi connectivity index (χ0n) is 18.6. The van der Waals surface area contributed by atoms with E-state index in [1.54, 1.807) is 26.2 Å². The molecule has 0 saturated heterocycles. The predicted molar refractivity (Wildman–Crippen MR) is 124 cm³/mol. The average Bonchev–Trinajstić information content (AvgIpc) is 3.41. The second-order valence-corrected chi connectivity index (χ2v) is 11.1. The first kappa shape index (κ1) is 24.6. The zero-order chi connectivity index (χ0) is 25.6. The molecule has 0 aliphatic heterocycles. The fourth-order valence-corrected chi connectivity index (χ4v) is 4.82. The van der Waals surface area contributed by atoms with E-state index in [0.29, 0.717) is 4.52 Å². The summed E-state index contributed by atoms with van der Waals surface area (Å²) in [6.07, 6.45) is -3.26. The summed E-state index contributed by atoms with van der Waals surface area (Å²) in [5, 5.41) is 8.13. The third-order valence-electron chi connectivity index (χ3n) is 4.80. The first-order chi connectivity index (χ1) is 16.2. The van der Waals surface area contributed by atoms with Gasteiger partial charge < -0.3 is 5.32 Å². The van der Waals surface area contributed by atoms with Crippen LogP contribution in [0.5, 0.6) is 0 Å². The Morgan fingerprint density at radius 2 is 1.77 bits per heavy atom. The number of nitrogens with one attached hydrogen (secondary N) is 2. The molecule has 2 N–H and O–H groups in total. The Kier molecular flexibility index (Phi) is 6.05. The number of carbonyl (C=O) groups is 1. The summed E-state index contributed by atoms with van der Waals surface area (Å²) in [7, 11) is -3.88. The molecule has 0 fully saturated rings. The van der Waals surface area contributed by atoms with Crippen LogP contribution < -0.4 is 10.0 Å². The number of benzene rings is 1. The van der Waals surface area contributed by atoms with Crippen molar-refractivity contribution in [2.24, 2.45) is 0 Å². The SMILES string of the molecule is CC(C)(C)c1cc(C(F)(F)F)n2nc(C(=O)Nc3ccc(S(=O)(=O)Nc4nccs4)cc3)cc2n1. The minimum absolute atomic E-state index is 0.0628. The number of thiazole rings is 1. The van der Waals surface area contributed by atoms with E-state index in [9.17, 15) is 26.4 Å². The molecule has 35 heavy (non-hydrogen) atoms. The lowest BCUT2D eigenvalue weighted by molar-refractivity contribution is -0.142. The van der Waals surface area contributed by atoms with Crippen molar-refractivity contribution in [2.45, 2.75) is 37.3 Å². The molecule has 1 aromatic carbocycles. The highest BCUT2D eigenvalue weighted by atomic mass is 32.2. The highest BCUT2D eigenvalue weighted by Gasteiger charge is 2.36. The molecule has 0 atom stereocenters. The van der Waals surface area contributed by atoms with Gasteiger partial charge in [0.2, 0.25) is 0 Å². The number of fused-ring (bicyclic) bond motifs is 1. The molecule has 0 radical (unpaired) electrons. The Labute approximate surface area is 202 Å². The van der Waals surface area contributed by atoms with Crippen molar-refractivity contribution in [2.75, 3.05) is 10.0 Å². The van der Waals surface area contributed by atoms with E-state index < -0.39 is 33.2 Å². The Morgan fingerprint density at radius 1 is 1.09 bits per heavy atom. The number of alkyl halides is 3. The quantitative estimate of drug-likeness (QED) is 0.395. The van der Waals surface area contributed by atoms with Crippen molar-refractivity contribution >= 4 is 43.7 Å². The maximum absolute atomic E-state index is 13.6. The van der Waals surface area contributed by atoms with Gasteiger partial charge in [-0.1, -0.05) is 20.8 Å². The zero-order valence-corrected chi connectivity index (χ0v) is 20.2. The summed E-state index contributed by atoms with van der Waals surface area (Å²) in [5.74, 6) is -0.780. The molecule has 4 aromatic rings. The van der Waals surface area contributed by atoms with Gasteiger partial charge in [0, 0.05) is 28.7 Å². The standard InChI is InChI=1S/C21H19F3N6O3S2/c1-20(2,3)15-11-16(21(22,23)24)30-17(27-15)10-14(28-30)18(31)26-12-4-6-13(7-5-12)35(32,33)29-19-25-8-9-34-19/h4-11H,1-3H3,(H,25,29)(H,26,31). The van der Waals surface area contributed by atoms with Crippen LogP contribution in [0.15, 0.2) is 52.9 Å². The van der Waals surface area contributed by atoms with Gasteiger partial charge in [0.05, 0.1) is 10.6 Å². The lowest BCUT2D eigenvalue weighted by Gasteiger charge is -2.19. The smallest absolute Gasteiger partial charge is 0.321 e. The topological polar surface area (TPSA) is 118 Å². The number of sulfonamides is 1. The first-order valence-electron chi connectivity index (χ1n) is 10.1. The van der Waals surface area contributed by atoms with E-state index in [4.69, 9.17) is 0 Å². The van der Waals surface area contributed by atoms with Crippen LogP contribution in [0.3, 0.4) is 0 Å². The van der Waals surface area contributed by atoms with Crippen LogP contribution in [0.2, 0.25) is 0 Å². The number of halogens is 3. The van der Waals surface area contributed by atoms with E-state index in [1.165, 1.54) is 30.5 Å². The Morgan fingerprint density at radius 3 is 2.34 bits per heavy atom. The molecular weight excluding hydrogens is 505 g/mol. The number of anilines is 2. The van der Waals surface area contributed by atoms with Gasteiger partial charge in [0.15, 0.2) is 16.5 Å².